The third-order valence-electron chi connectivity index (χ3n) is 3.75. The predicted octanol–water partition coefficient (Wildman–Crippen LogP) is 2.17. The molecule has 0 saturated heterocycles. The van der Waals surface area contributed by atoms with Crippen LogP contribution in [-0.2, 0) is 14.6 Å². The van der Waals surface area contributed by atoms with E-state index in [1.807, 2.05) is 19.1 Å². The van der Waals surface area contributed by atoms with Crippen molar-refractivity contribution in [1.82, 2.24) is 5.32 Å². The number of carbonyl (C=O) groups excluding carboxylic acids is 2. The zero-order valence-electron chi connectivity index (χ0n) is 14.7. The first kappa shape index (κ1) is 19.7. The molecule has 0 saturated carbocycles. The second-order valence-corrected chi connectivity index (χ2v) is 8.43. The van der Waals surface area contributed by atoms with Crippen molar-refractivity contribution in [3.63, 3.8) is 0 Å². The zero-order chi connectivity index (χ0) is 19.2. The topological polar surface area (TPSA) is 92.3 Å². The molecule has 0 aliphatic carbocycles. The Balaban J connectivity index is 2.12. The molecule has 0 aliphatic heterocycles. The first-order valence-corrected chi connectivity index (χ1v) is 10.2. The minimum Gasteiger partial charge on any atom is -0.340 e. The number of amides is 2. The van der Waals surface area contributed by atoms with E-state index in [9.17, 15) is 18.0 Å². The van der Waals surface area contributed by atoms with Crippen LogP contribution in [0.4, 0.5) is 5.69 Å². The minimum absolute atomic E-state index is 0.00486. The van der Waals surface area contributed by atoms with Gasteiger partial charge < -0.3 is 10.6 Å². The molecule has 2 N–H and O–H groups in total. The number of benzene rings is 2. The van der Waals surface area contributed by atoms with E-state index in [2.05, 4.69) is 10.6 Å². The summed E-state index contributed by atoms with van der Waals surface area (Å²) in [7, 11) is -3.26. The van der Waals surface area contributed by atoms with E-state index in [0.29, 0.717) is 11.3 Å². The highest BCUT2D eigenvalue weighted by atomic mass is 32.2. The Morgan fingerprint density at radius 2 is 1.62 bits per heavy atom. The minimum atomic E-state index is -3.26. The fourth-order valence-corrected chi connectivity index (χ4v) is 2.96. The Hall–Kier alpha value is -2.67. The highest BCUT2D eigenvalue weighted by Crippen LogP contribution is 2.10. The number of sulfone groups is 1. The Labute approximate surface area is 153 Å². The van der Waals surface area contributed by atoms with Crippen molar-refractivity contribution in [2.45, 2.75) is 19.4 Å². The lowest BCUT2D eigenvalue weighted by Crippen LogP contribution is -2.44. The molecule has 0 spiro atoms. The molecule has 2 aromatic carbocycles. The predicted molar refractivity (Wildman–Crippen MR) is 102 cm³/mol. The van der Waals surface area contributed by atoms with E-state index in [0.717, 1.165) is 11.8 Å². The zero-order valence-corrected chi connectivity index (χ0v) is 15.5. The van der Waals surface area contributed by atoms with Gasteiger partial charge in [0, 0.05) is 17.5 Å². The van der Waals surface area contributed by atoms with Crippen molar-refractivity contribution in [2.24, 2.45) is 0 Å². The first-order chi connectivity index (χ1) is 12.2. The molecular weight excluding hydrogens is 352 g/mol. The van der Waals surface area contributed by atoms with E-state index in [1.165, 1.54) is 0 Å². The summed E-state index contributed by atoms with van der Waals surface area (Å²) in [5.74, 6) is -1.08. The monoisotopic (exact) mass is 374 g/mol. The summed E-state index contributed by atoms with van der Waals surface area (Å²) < 4.78 is 22.9. The molecule has 0 heterocycles. The lowest BCUT2D eigenvalue weighted by molar-refractivity contribution is -0.118. The largest absolute Gasteiger partial charge is 0.340 e. The number of anilines is 1. The standard InChI is InChI=1S/C19H22N2O4S/c1-14-8-10-16(11-9-14)20-19(23)17(12-13-26(2,24)25)21-18(22)15-6-4-3-5-7-15/h3-11,17H,12-13H2,1-2H3,(H,20,23)(H,21,22)/t17-/m1/s1. The van der Waals surface area contributed by atoms with Crippen LogP contribution in [0.1, 0.15) is 22.3 Å². The van der Waals surface area contributed by atoms with Crippen molar-refractivity contribution in [2.75, 3.05) is 17.3 Å². The van der Waals surface area contributed by atoms with Gasteiger partial charge in [-0.05, 0) is 37.6 Å². The number of rotatable bonds is 7. The van der Waals surface area contributed by atoms with Crippen molar-refractivity contribution in [1.29, 1.82) is 0 Å². The fourth-order valence-electron chi connectivity index (χ4n) is 2.30. The van der Waals surface area contributed by atoms with Gasteiger partial charge in [0.25, 0.3) is 5.91 Å². The molecule has 138 valence electrons. The third-order valence-corrected chi connectivity index (χ3v) is 4.73. The van der Waals surface area contributed by atoms with Crippen molar-refractivity contribution >= 4 is 27.3 Å². The number of hydrogen-bond acceptors (Lipinski definition) is 4. The Kier molecular flexibility index (Phi) is 6.52. The van der Waals surface area contributed by atoms with E-state index in [4.69, 9.17) is 0 Å². The molecule has 1 atom stereocenters. The van der Waals surface area contributed by atoms with Crippen LogP contribution in [0.25, 0.3) is 0 Å². The van der Waals surface area contributed by atoms with Gasteiger partial charge in [-0.3, -0.25) is 9.59 Å². The molecule has 0 bridgehead atoms. The maximum absolute atomic E-state index is 12.6. The van der Waals surface area contributed by atoms with E-state index in [-0.39, 0.29) is 12.2 Å². The smallest absolute Gasteiger partial charge is 0.251 e. The number of carbonyl (C=O) groups is 2. The van der Waals surface area contributed by atoms with Gasteiger partial charge in [0.1, 0.15) is 15.9 Å². The van der Waals surface area contributed by atoms with Crippen LogP contribution < -0.4 is 10.6 Å². The second kappa shape index (κ2) is 8.62. The van der Waals surface area contributed by atoms with Gasteiger partial charge in [-0.25, -0.2) is 8.42 Å². The quantitative estimate of drug-likeness (QED) is 0.777. The molecule has 2 rings (SSSR count). The average molecular weight is 374 g/mol. The lowest BCUT2D eigenvalue weighted by atomic mass is 10.1. The average Bonchev–Trinajstić information content (AvgIpc) is 2.60. The van der Waals surface area contributed by atoms with Crippen LogP contribution in [0.15, 0.2) is 54.6 Å². The fraction of sp³-hybridized carbons (Fsp3) is 0.263. The van der Waals surface area contributed by atoms with Crippen LogP contribution in [-0.4, -0.2) is 38.3 Å². The van der Waals surface area contributed by atoms with Gasteiger partial charge in [0.15, 0.2) is 0 Å². The summed E-state index contributed by atoms with van der Waals surface area (Å²) in [5.41, 5.74) is 2.04. The molecule has 0 unspecified atom stereocenters. The SMILES string of the molecule is Cc1ccc(NC(=O)[C@@H](CCS(C)(=O)=O)NC(=O)c2ccccc2)cc1. The van der Waals surface area contributed by atoms with E-state index >= 15 is 0 Å². The summed E-state index contributed by atoms with van der Waals surface area (Å²) in [6, 6.07) is 14.7. The summed E-state index contributed by atoms with van der Waals surface area (Å²) in [6.45, 7) is 1.93. The van der Waals surface area contributed by atoms with E-state index < -0.39 is 27.7 Å². The van der Waals surface area contributed by atoms with Gasteiger partial charge in [-0.15, -0.1) is 0 Å². The molecule has 0 aliphatic rings. The molecule has 0 fully saturated rings. The van der Waals surface area contributed by atoms with Gasteiger partial charge >= 0.3 is 0 Å². The summed E-state index contributed by atoms with van der Waals surface area (Å²) in [6.07, 6.45) is 1.09. The van der Waals surface area contributed by atoms with Crippen LogP contribution in [0.2, 0.25) is 0 Å². The lowest BCUT2D eigenvalue weighted by Gasteiger charge is -2.18. The molecule has 0 aromatic heterocycles. The molecule has 7 heteroatoms. The van der Waals surface area contributed by atoms with Gasteiger partial charge in [0.2, 0.25) is 5.91 Å². The maximum Gasteiger partial charge on any atom is 0.251 e. The molecular formula is C19H22N2O4S. The number of aryl methyl sites for hydroxylation is 1. The first-order valence-electron chi connectivity index (χ1n) is 8.16. The van der Waals surface area contributed by atoms with Gasteiger partial charge in [0.05, 0.1) is 5.75 Å². The Bertz CT molecular complexity index is 862. The normalized spacial score (nSPS) is 12.2. The molecule has 2 aromatic rings. The molecule has 2 amide bonds. The van der Waals surface area contributed by atoms with E-state index in [1.54, 1.807) is 42.5 Å². The van der Waals surface area contributed by atoms with Crippen LogP contribution in [0, 0.1) is 6.92 Å². The highest BCUT2D eigenvalue weighted by molar-refractivity contribution is 7.90. The molecule has 6 nitrogen and oxygen atoms in total. The van der Waals surface area contributed by atoms with Crippen molar-refractivity contribution in [3.05, 3.63) is 65.7 Å². The van der Waals surface area contributed by atoms with Gasteiger partial charge in [-0.1, -0.05) is 35.9 Å². The van der Waals surface area contributed by atoms with Crippen LogP contribution in [0.5, 0.6) is 0 Å². The number of nitrogens with one attached hydrogen (secondary N) is 2. The Morgan fingerprint density at radius 1 is 1.00 bits per heavy atom. The Morgan fingerprint density at radius 3 is 2.19 bits per heavy atom. The summed E-state index contributed by atoms with van der Waals surface area (Å²) in [5, 5.41) is 5.34. The van der Waals surface area contributed by atoms with Gasteiger partial charge in [-0.2, -0.15) is 0 Å². The second-order valence-electron chi connectivity index (χ2n) is 6.17. The van der Waals surface area contributed by atoms with Crippen molar-refractivity contribution in [3.8, 4) is 0 Å². The maximum atomic E-state index is 12.6. The summed E-state index contributed by atoms with van der Waals surface area (Å²) in [4.78, 5) is 24.9. The van der Waals surface area contributed by atoms with Crippen LogP contribution in [0.3, 0.4) is 0 Å². The highest BCUT2D eigenvalue weighted by Gasteiger charge is 2.23. The molecule has 0 radical (unpaired) electrons. The molecule has 26 heavy (non-hydrogen) atoms. The third kappa shape index (κ3) is 6.33. The number of hydrogen-bond donors (Lipinski definition) is 2. The van der Waals surface area contributed by atoms with Crippen LogP contribution >= 0.6 is 0 Å². The summed E-state index contributed by atoms with van der Waals surface area (Å²) >= 11 is 0. The van der Waals surface area contributed by atoms with Crippen molar-refractivity contribution < 1.29 is 18.0 Å².